The van der Waals surface area contributed by atoms with Crippen molar-refractivity contribution < 1.29 is 9.53 Å². The van der Waals surface area contributed by atoms with Gasteiger partial charge in [0.2, 0.25) is 0 Å². The van der Waals surface area contributed by atoms with E-state index in [2.05, 4.69) is 10.3 Å². The molecule has 1 aliphatic carbocycles. The fourth-order valence-corrected chi connectivity index (χ4v) is 3.92. The van der Waals surface area contributed by atoms with Crippen molar-refractivity contribution >= 4 is 5.91 Å². The number of carbonyl (C=O) groups is 1. The molecule has 126 valence electrons. The van der Waals surface area contributed by atoms with Crippen LogP contribution in [0.3, 0.4) is 0 Å². The third kappa shape index (κ3) is 2.67. The van der Waals surface area contributed by atoms with Crippen LogP contribution in [0.25, 0.3) is 11.3 Å². The molecule has 0 radical (unpaired) electrons. The molecule has 2 aromatic rings. The Kier molecular flexibility index (Phi) is 3.76. The molecule has 3 N–H and O–H groups in total. The number of nitrogens with one attached hydrogen (secondary N) is 1. The molecule has 0 unspecified atom stereocenters. The lowest BCUT2D eigenvalue weighted by molar-refractivity contribution is 0.0882. The van der Waals surface area contributed by atoms with Gasteiger partial charge in [0.15, 0.2) is 0 Å². The average Bonchev–Trinajstić information content (AvgIpc) is 3.07. The van der Waals surface area contributed by atoms with E-state index in [1.165, 1.54) is 12.8 Å². The van der Waals surface area contributed by atoms with Gasteiger partial charge in [0, 0.05) is 43.7 Å². The summed E-state index contributed by atoms with van der Waals surface area (Å²) in [6, 6.07) is 5.57. The first-order valence-electron chi connectivity index (χ1n) is 8.41. The number of nitrogens with two attached hydrogens (primary N) is 1. The smallest absolute Gasteiger partial charge is 0.252 e. The third-order valence-corrected chi connectivity index (χ3v) is 5.16. The van der Waals surface area contributed by atoms with Crippen molar-refractivity contribution in [2.45, 2.75) is 18.9 Å². The van der Waals surface area contributed by atoms with Crippen molar-refractivity contribution in [1.29, 1.82) is 0 Å². The molecule has 1 saturated heterocycles. The fraction of sp³-hybridized carbons (Fsp3) is 0.444. The molecule has 1 aliphatic heterocycles. The summed E-state index contributed by atoms with van der Waals surface area (Å²) < 4.78 is 8.14. The number of primary amides is 1. The van der Waals surface area contributed by atoms with Crippen LogP contribution in [0.4, 0.5) is 0 Å². The molecule has 3 atom stereocenters. The highest BCUT2D eigenvalue weighted by molar-refractivity contribution is 5.96. The highest BCUT2D eigenvalue weighted by Gasteiger charge is 2.41. The van der Waals surface area contributed by atoms with Crippen molar-refractivity contribution in [3.63, 3.8) is 0 Å². The molecule has 1 amide bonds. The number of hydrogen-bond donors (Lipinski definition) is 2. The second-order valence-electron chi connectivity index (χ2n) is 6.84. The second kappa shape index (κ2) is 5.94. The maximum Gasteiger partial charge on any atom is 0.252 e. The minimum Gasteiger partial charge on any atom is -0.489 e. The van der Waals surface area contributed by atoms with Crippen LogP contribution < -0.4 is 15.8 Å². The average molecular weight is 326 g/mol. The first-order chi connectivity index (χ1) is 11.6. The third-order valence-electron chi connectivity index (χ3n) is 5.16. The van der Waals surface area contributed by atoms with Gasteiger partial charge in [-0.05, 0) is 31.0 Å². The van der Waals surface area contributed by atoms with E-state index < -0.39 is 5.91 Å². The minimum atomic E-state index is -0.468. The number of fused-ring (bicyclic) bond motifs is 2. The standard InChI is InChI=1S/C18H22N4O2/c1-22-9-15(21-10-22)11-4-5-16(14(6-11)18(19)23)24-17-12-2-3-13(17)8-20-7-12/h4-6,9-10,12-13,17,20H,2-3,7-8H2,1H3,(H2,19,23)/t12-,13+,17-. The van der Waals surface area contributed by atoms with Gasteiger partial charge in [0.05, 0.1) is 17.6 Å². The van der Waals surface area contributed by atoms with E-state index >= 15 is 0 Å². The zero-order chi connectivity index (χ0) is 16.7. The van der Waals surface area contributed by atoms with Crippen LogP contribution in [-0.2, 0) is 7.05 Å². The van der Waals surface area contributed by atoms with E-state index in [-0.39, 0.29) is 6.10 Å². The predicted molar refractivity (Wildman–Crippen MR) is 90.7 cm³/mol. The molecule has 2 bridgehead atoms. The van der Waals surface area contributed by atoms with Gasteiger partial charge in [-0.25, -0.2) is 4.98 Å². The Bertz CT molecular complexity index is 754. The Hall–Kier alpha value is -2.34. The van der Waals surface area contributed by atoms with Crippen LogP contribution in [0.15, 0.2) is 30.7 Å². The molecule has 2 fully saturated rings. The van der Waals surface area contributed by atoms with Gasteiger partial charge in [0.1, 0.15) is 11.9 Å². The Morgan fingerprint density at radius 3 is 2.71 bits per heavy atom. The van der Waals surface area contributed by atoms with Gasteiger partial charge >= 0.3 is 0 Å². The Morgan fingerprint density at radius 1 is 1.33 bits per heavy atom. The zero-order valence-corrected chi connectivity index (χ0v) is 13.7. The predicted octanol–water partition coefficient (Wildman–Crippen LogP) is 1.56. The number of aromatic nitrogens is 2. The SMILES string of the molecule is Cn1cnc(-c2ccc(O[C@@H]3[C@@H]4CC[C@H]3CNC4)c(C(N)=O)c2)c1. The molecule has 24 heavy (non-hydrogen) atoms. The molecule has 0 spiro atoms. The number of imidazole rings is 1. The van der Waals surface area contributed by atoms with Gasteiger partial charge in [-0.15, -0.1) is 0 Å². The maximum atomic E-state index is 11.9. The van der Waals surface area contributed by atoms with E-state index in [1.54, 1.807) is 12.4 Å². The van der Waals surface area contributed by atoms with Crippen LogP contribution in [0.2, 0.25) is 0 Å². The number of aryl methyl sites for hydroxylation is 1. The number of nitrogens with zero attached hydrogens (tertiary/aromatic N) is 2. The summed E-state index contributed by atoms with van der Waals surface area (Å²) in [5.41, 5.74) is 7.71. The number of hydrogen-bond acceptors (Lipinski definition) is 4. The van der Waals surface area contributed by atoms with Crippen LogP contribution >= 0.6 is 0 Å². The molecule has 4 rings (SSSR count). The topological polar surface area (TPSA) is 82.2 Å². The van der Waals surface area contributed by atoms with Crippen molar-refractivity contribution in [1.82, 2.24) is 14.9 Å². The van der Waals surface area contributed by atoms with Crippen LogP contribution in [0, 0.1) is 11.8 Å². The molecule has 1 saturated carbocycles. The van der Waals surface area contributed by atoms with E-state index in [1.807, 2.05) is 29.9 Å². The molecule has 2 heterocycles. The highest BCUT2D eigenvalue weighted by atomic mass is 16.5. The monoisotopic (exact) mass is 326 g/mol. The van der Waals surface area contributed by atoms with Crippen molar-refractivity contribution in [2.75, 3.05) is 13.1 Å². The molecular weight excluding hydrogens is 304 g/mol. The number of benzene rings is 1. The van der Waals surface area contributed by atoms with Gasteiger partial charge in [-0.1, -0.05) is 0 Å². The summed E-state index contributed by atoms with van der Waals surface area (Å²) >= 11 is 0. The molecule has 2 aliphatic rings. The highest BCUT2D eigenvalue weighted by Crippen LogP contribution is 2.38. The molecular formula is C18H22N4O2. The summed E-state index contributed by atoms with van der Waals surface area (Å²) in [5, 5.41) is 3.45. The fourth-order valence-electron chi connectivity index (χ4n) is 3.92. The van der Waals surface area contributed by atoms with Crippen molar-refractivity contribution in [2.24, 2.45) is 24.6 Å². The van der Waals surface area contributed by atoms with Gasteiger partial charge in [-0.2, -0.15) is 0 Å². The molecule has 6 heteroatoms. The summed E-state index contributed by atoms with van der Waals surface area (Å²) in [5.74, 6) is 1.15. The first-order valence-corrected chi connectivity index (χ1v) is 8.41. The van der Waals surface area contributed by atoms with Crippen LogP contribution in [-0.4, -0.2) is 34.7 Å². The lowest BCUT2D eigenvalue weighted by Crippen LogP contribution is -2.44. The molecule has 6 nitrogen and oxygen atoms in total. The summed E-state index contributed by atoms with van der Waals surface area (Å²) in [7, 11) is 1.91. The Morgan fingerprint density at radius 2 is 2.08 bits per heavy atom. The minimum absolute atomic E-state index is 0.171. The van der Waals surface area contributed by atoms with Gasteiger partial charge in [0.25, 0.3) is 5.91 Å². The number of amides is 1. The quantitative estimate of drug-likeness (QED) is 0.893. The first kappa shape index (κ1) is 15.2. The van der Waals surface area contributed by atoms with Crippen molar-refractivity contribution in [3.05, 3.63) is 36.3 Å². The second-order valence-corrected chi connectivity index (χ2v) is 6.84. The van der Waals surface area contributed by atoms with Crippen molar-refractivity contribution in [3.8, 4) is 17.0 Å². The van der Waals surface area contributed by atoms with Crippen LogP contribution in [0.1, 0.15) is 23.2 Å². The number of carbonyl (C=O) groups excluding carboxylic acids is 1. The Balaban J connectivity index is 1.64. The lowest BCUT2D eigenvalue weighted by Gasteiger charge is -2.31. The summed E-state index contributed by atoms with van der Waals surface area (Å²) in [6.45, 7) is 1.97. The van der Waals surface area contributed by atoms with Gasteiger partial charge in [-0.3, -0.25) is 4.79 Å². The number of rotatable bonds is 4. The van der Waals surface area contributed by atoms with Gasteiger partial charge < -0.3 is 20.4 Å². The van der Waals surface area contributed by atoms with E-state index in [0.29, 0.717) is 23.1 Å². The van der Waals surface area contributed by atoms with E-state index in [9.17, 15) is 4.79 Å². The Labute approximate surface area is 141 Å². The number of piperidine rings is 1. The molecule has 1 aromatic carbocycles. The van der Waals surface area contributed by atoms with E-state index in [4.69, 9.17) is 10.5 Å². The lowest BCUT2D eigenvalue weighted by atomic mass is 9.96. The van der Waals surface area contributed by atoms with Crippen LogP contribution in [0.5, 0.6) is 5.75 Å². The maximum absolute atomic E-state index is 11.9. The summed E-state index contributed by atoms with van der Waals surface area (Å²) in [4.78, 5) is 16.3. The summed E-state index contributed by atoms with van der Waals surface area (Å²) in [6.07, 6.45) is 6.18. The largest absolute Gasteiger partial charge is 0.489 e. The zero-order valence-electron chi connectivity index (χ0n) is 13.7. The normalized spacial score (nSPS) is 25.6. The molecule has 1 aromatic heterocycles. The van der Waals surface area contributed by atoms with E-state index in [0.717, 1.165) is 24.3 Å². The number of ether oxygens (including phenoxy) is 1.